The minimum Gasteiger partial charge on any atom is -0.488 e. The summed E-state index contributed by atoms with van der Waals surface area (Å²) in [5.74, 6) is 1.50. The molecule has 30 heavy (non-hydrogen) atoms. The molecule has 1 aromatic carbocycles. The monoisotopic (exact) mass is 552 g/mol. The van der Waals surface area contributed by atoms with Gasteiger partial charge in [-0.1, -0.05) is 18.2 Å². The average Bonchev–Trinajstić information content (AvgIpc) is 3.14. The minimum absolute atomic E-state index is 0. The summed E-state index contributed by atoms with van der Waals surface area (Å²) in [6.07, 6.45) is 3.88. The van der Waals surface area contributed by atoms with Crippen molar-refractivity contribution in [2.75, 3.05) is 38.5 Å². The molecule has 2 heterocycles. The van der Waals surface area contributed by atoms with Crippen LogP contribution >= 0.6 is 24.0 Å². The predicted molar refractivity (Wildman–Crippen MR) is 129 cm³/mol. The van der Waals surface area contributed by atoms with Crippen molar-refractivity contribution in [1.29, 1.82) is 0 Å². The number of para-hydroxylation sites is 1. The van der Waals surface area contributed by atoms with Crippen LogP contribution in [0.5, 0.6) is 5.75 Å². The second-order valence-electron chi connectivity index (χ2n) is 7.35. The Labute approximate surface area is 196 Å². The maximum atomic E-state index is 12.2. The Morgan fingerprint density at radius 2 is 2.03 bits per heavy atom. The van der Waals surface area contributed by atoms with Crippen LogP contribution in [0.2, 0.25) is 0 Å². The molecule has 0 spiro atoms. The van der Waals surface area contributed by atoms with E-state index in [-0.39, 0.29) is 48.5 Å². The van der Waals surface area contributed by atoms with E-state index < -0.39 is 10.0 Å². The number of nitrogens with zero attached hydrogens (tertiary/aromatic N) is 1. The number of aliphatic imine (C=N–C) groups is 1. The van der Waals surface area contributed by atoms with Crippen LogP contribution in [-0.2, 0) is 21.2 Å². The smallest absolute Gasteiger partial charge is 0.213 e. The van der Waals surface area contributed by atoms with Gasteiger partial charge >= 0.3 is 0 Å². The highest BCUT2D eigenvalue weighted by atomic mass is 127. The third-order valence-electron chi connectivity index (χ3n) is 4.98. The Morgan fingerprint density at radius 1 is 1.20 bits per heavy atom. The zero-order valence-corrected chi connectivity index (χ0v) is 20.6. The van der Waals surface area contributed by atoms with E-state index >= 15 is 0 Å². The van der Waals surface area contributed by atoms with Crippen molar-refractivity contribution in [2.45, 2.75) is 44.8 Å². The zero-order valence-electron chi connectivity index (χ0n) is 17.4. The quantitative estimate of drug-likeness (QED) is 0.245. The third-order valence-corrected chi connectivity index (χ3v) is 6.33. The number of hydrogen-bond acceptors (Lipinski definition) is 5. The van der Waals surface area contributed by atoms with Gasteiger partial charge < -0.3 is 20.1 Å². The molecule has 3 N–H and O–H groups in total. The van der Waals surface area contributed by atoms with E-state index in [1.807, 2.05) is 25.1 Å². The SMILES string of the molecule is CCNC(=NCC1Cc2ccccc2O1)NCCS(=O)(=O)NCC1CCCCO1.I. The Morgan fingerprint density at radius 3 is 2.77 bits per heavy atom. The summed E-state index contributed by atoms with van der Waals surface area (Å²) in [5.41, 5.74) is 1.20. The second-order valence-corrected chi connectivity index (χ2v) is 9.28. The van der Waals surface area contributed by atoms with Crippen LogP contribution in [-0.4, -0.2) is 65.1 Å². The highest BCUT2D eigenvalue weighted by Crippen LogP contribution is 2.28. The van der Waals surface area contributed by atoms with E-state index in [1.165, 1.54) is 5.56 Å². The van der Waals surface area contributed by atoms with Crippen molar-refractivity contribution >= 4 is 40.0 Å². The summed E-state index contributed by atoms with van der Waals surface area (Å²) in [6.45, 7) is 4.51. The molecule has 2 aliphatic heterocycles. The van der Waals surface area contributed by atoms with Gasteiger partial charge in [0.1, 0.15) is 11.9 Å². The normalized spacial score (nSPS) is 21.3. The van der Waals surface area contributed by atoms with E-state index in [9.17, 15) is 8.42 Å². The van der Waals surface area contributed by atoms with Gasteiger partial charge in [0.15, 0.2) is 5.96 Å². The lowest BCUT2D eigenvalue weighted by molar-refractivity contribution is 0.0200. The van der Waals surface area contributed by atoms with Gasteiger partial charge in [0.2, 0.25) is 10.0 Å². The second kappa shape index (κ2) is 12.7. The first-order valence-corrected chi connectivity index (χ1v) is 12.1. The molecule has 0 amide bonds. The van der Waals surface area contributed by atoms with Gasteiger partial charge in [0.05, 0.1) is 18.4 Å². The summed E-state index contributed by atoms with van der Waals surface area (Å²) in [7, 11) is -3.36. The molecule has 0 aliphatic carbocycles. The molecule has 1 fully saturated rings. The fraction of sp³-hybridized carbons (Fsp3) is 0.650. The highest BCUT2D eigenvalue weighted by Gasteiger charge is 2.22. The van der Waals surface area contributed by atoms with Crippen molar-refractivity contribution < 1.29 is 17.9 Å². The lowest BCUT2D eigenvalue weighted by Crippen LogP contribution is -2.43. The van der Waals surface area contributed by atoms with E-state index in [2.05, 4.69) is 26.4 Å². The van der Waals surface area contributed by atoms with Gasteiger partial charge in [-0.15, -0.1) is 24.0 Å². The number of rotatable bonds is 9. The molecule has 3 rings (SSSR count). The number of guanidine groups is 1. The Hall–Kier alpha value is -1.11. The van der Waals surface area contributed by atoms with Crippen LogP contribution in [0, 0.1) is 0 Å². The molecule has 10 heteroatoms. The Kier molecular flexibility index (Phi) is 10.6. The molecule has 0 aromatic heterocycles. The maximum absolute atomic E-state index is 12.2. The van der Waals surface area contributed by atoms with E-state index in [1.54, 1.807) is 0 Å². The minimum atomic E-state index is -3.36. The van der Waals surface area contributed by atoms with Crippen molar-refractivity contribution in [2.24, 2.45) is 4.99 Å². The number of halogens is 1. The summed E-state index contributed by atoms with van der Waals surface area (Å²) in [4.78, 5) is 4.55. The average molecular weight is 552 g/mol. The molecule has 0 radical (unpaired) electrons. The summed E-state index contributed by atoms with van der Waals surface area (Å²) < 4.78 is 38.6. The highest BCUT2D eigenvalue weighted by molar-refractivity contribution is 14.0. The maximum Gasteiger partial charge on any atom is 0.213 e. The summed E-state index contributed by atoms with van der Waals surface area (Å²) in [5, 5.41) is 6.24. The Balaban J connectivity index is 0.00000320. The molecule has 170 valence electrons. The number of benzene rings is 1. The third kappa shape index (κ3) is 8.20. The first-order chi connectivity index (χ1) is 14.1. The van der Waals surface area contributed by atoms with Crippen LogP contribution in [0.4, 0.5) is 0 Å². The van der Waals surface area contributed by atoms with E-state index in [0.29, 0.717) is 32.2 Å². The molecule has 2 atom stereocenters. The molecule has 2 aliphatic rings. The van der Waals surface area contributed by atoms with Crippen LogP contribution < -0.4 is 20.1 Å². The van der Waals surface area contributed by atoms with Crippen molar-refractivity contribution in [3.63, 3.8) is 0 Å². The standard InChI is InChI=1S/C20H32N4O4S.HI/c1-2-21-20(23-14-18-13-16-7-3-4-9-19(16)28-18)22-10-12-29(25,26)24-15-17-8-5-6-11-27-17;/h3-4,7,9,17-18,24H,2,5-6,8,10-15H2,1H3,(H2,21,22,23);1H. The van der Waals surface area contributed by atoms with Crippen molar-refractivity contribution in [3.8, 4) is 5.75 Å². The largest absolute Gasteiger partial charge is 0.488 e. The zero-order chi connectivity index (χ0) is 20.5. The van der Waals surface area contributed by atoms with Crippen molar-refractivity contribution in [1.82, 2.24) is 15.4 Å². The molecule has 1 aromatic rings. The molecular formula is C20H33IN4O4S. The topological polar surface area (TPSA) is 101 Å². The van der Waals surface area contributed by atoms with Crippen molar-refractivity contribution in [3.05, 3.63) is 29.8 Å². The lowest BCUT2D eigenvalue weighted by atomic mass is 10.1. The molecular weight excluding hydrogens is 519 g/mol. The van der Waals surface area contributed by atoms with Crippen LogP contribution in [0.1, 0.15) is 31.7 Å². The molecule has 0 bridgehead atoms. The Bertz CT molecular complexity index is 760. The number of hydrogen-bond donors (Lipinski definition) is 3. The molecule has 2 unspecified atom stereocenters. The van der Waals surface area contributed by atoms with Gasteiger partial charge in [0.25, 0.3) is 0 Å². The number of fused-ring (bicyclic) bond motifs is 1. The molecule has 0 saturated carbocycles. The van der Waals surface area contributed by atoms with Gasteiger partial charge in [-0.3, -0.25) is 0 Å². The van der Waals surface area contributed by atoms with Gasteiger partial charge in [-0.05, 0) is 37.8 Å². The summed E-state index contributed by atoms with van der Waals surface area (Å²) >= 11 is 0. The van der Waals surface area contributed by atoms with Gasteiger partial charge in [-0.25, -0.2) is 18.1 Å². The van der Waals surface area contributed by atoms with E-state index in [4.69, 9.17) is 9.47 Å². The lowest BCUT2D eigenvalue weighted by Gasteiger charge is -2.22. The van der Waals surface area contributed by atoms with Crippen LogP contribution in [0.3, 0.4) is 0 Å². The molecule has 1 saturated heterocycles. The first kappa shape index (κ1) is 25.2. The number of sulfonamides is 1. The number of nitrogens with one attached hydrogen (secondary N) is 3. The van der Waals surface area contributed by atoms with Crippen LogP contribution in [0.25, 0.3) is 0 Å². The fourth-order valence-electron chi connectivity index (χ4n) is 3.45. The molecule has 8 nitrogen and oxygen atoms in total. The van der Waals surface area contributed by atoms with Crippen LogP contribution in [0.15, 0.2) is 29.3 Å². The summed E-state index contributed by atoms with van der Waals surface area (Å²) in [6, 6.07) is 8.01. The van der Waals surface area contributed by atoms with Gasteiger partial charge in [0, 0.05) is 32.7 Å². The van der Waals surface area contributed by atoms with Gasteiger partial charge in [-0.2, -0.15) is 0 Å². The number of ether oxygens (including phenoxy) is 2. The fourth-order valence-corrected chi connectivity index (χ4v) is 4.41. The van der Waals surface area contributed by atoms with E-state index in [0.717, 1.165) is 31.4 Å². The first-order valence-electron chi connectivity index (χ1n) is 10.4. The predicted octanol–water partition coefficient (Wildman–Crippen LogP) is 1.65.